The molecule has 136 valence electrons. The molecule has 2 N–H and O–H groups in total. The maximum Gasteiger partial charge on any atom is 0.316 e. The highest BCUT2D eigenvalue weighted by molar-refractivity contribution is 5.86. The molecule has 0 saturated carbocycles. The van der Waals surface area contributed by atoms with Crippen molar-refractivity contribution < 1.29 is 14.6 Å². The number of nitrogens with one attached hydrogen (secondary N) is 1. The number of esters is 1. The summed E-state index contributed by atoms with van der Waals surface area (Å²) in [5, 5.41) is 11.7. The fourth-order valence-electron chi connectivity index (χ4n) is 5.88. The summed E-state index contributed by atoms with van der Waals surface area (Å²) in [6, 6.07) is 8.61. The van der Waals surface area contributed by atoms with Crippen LogP contribution < -0.4 is 0 Å². The number of hydrogen-bond donors (Lipinski definition) is 2. The molecular formula is C21H24N2O3. The normalized spacial score (nSPS) is 36.3. The summed E-state index contributed by atoms with van der Waals surface area (Å²) < 4.78 is 5.22. The van der Waals surface area contributed by atoms with Crippen LogP contribution in [0.4, 0.5) is 0 Å². The van der Waals surface area contributed by atoms with Crippen LogP contribution in [0.2, 0.25) is 0 Å². The molecule has 4 aliphatic heterocycles. The molecule has 5 unspecified atom stereocenters. The molecule has 0 radical (unpaired) electrons. The van der Waals surface area contributed by atoms with E-state index < -0.39 is 5.41 Å². The topological polar surface area (TPSA) is 65.6 Å². The number of ether oxygens (including phenoxy) is 1. The number of rotatable bonds is 2. The molecule has 4 bridgehead atoms. The van der Waals surface area contributed by atoms with E-state index in [1.807, 2.05) is 13.0 Å². The Labute approximate surface area is 152 Å². The van der Waals surface area contributed by atoms with Crippen LogP contribution in [-0.2, 0) is 16.0 Å². The highest BCUT2D eigenvalue weighted by Crippen LogP contribution is 2.59. The minimum absolute atomic E-state index is 0.0286. The molecule has 1 aromatic heterocycles. The number of aromatic nitrogens is 1. The predicted octanol–water partition coefficient (Wildman–Crippen LogP) is 2.57. The molecule has 0 aliphatic carbocycles. The molecule has 0 spiro atoms. The van der Waals surface area contributed by atoms with Crippen molar-refractivity contribution in [3.63, 3.8) is 0 Å². The zero-order chi connectivity index (χ0) is 18.1. The van der Waals surface area contributed by atoms with Gasteiger partial charge in [-0.25, -0.2) is 0 Å². The second kappa shape index (κ2) is 5.44. The number of carbonyl (C=O) groups is 1. The third-order valence-corrected chi connectivity index (χ3v) is 7.06. The lowest BCUT2D eigenvalue weighted by atomic mass is 9.55. The van der Waals surface area contributed by atoms with Crippen molar-refractivity contribution in [1.82, 2.24) is 9.88 Å². The lowest BCUT2D eigenvalue weighted by Gasteiger charge is -2.62. The van der Waals surface area contributed by atoms with Gasteiger partial charge in [0, 0.05) is 35.1 Å². The van der Waals surface area contributed by atoms with Crippen LogP contribution in [0.3, 0.4) is 0 Å². The quantitative estimate of drug-likeness (QED) is 0.644. The number of fused-ring (bicyclic) bond motifs is 4. The van der Waals surface area contributed by atoms with Crippen molar-refractivity contribution in [3.8, 4) is 0 Å². The summed E-state index contributed by atoms with van der Waals surface area (Å²) in [4.78, 5) is 19.0. The first-order valence-electron chi connectivity index (χ1n) is 9.35. The highest BCUT2D eigenvalue weighted by atomic mass is 16.5. The first-order valence-corrected chi connectivity index (χ1v) is 9.35. The van der Waals surface area contributed by atoms with E-state index in [1.165, 1.54) is 29.3 Å². The monoisotopic (exact) mass is 352 g/mol. The molecule has 1 aromatic carbocycles. The number of hydrogen-bond acceptors (Lipinski definition) is 4. The first kappa shape index (κ1) is 16.1. The number of piperidine rings is 3. The lowest BCUT2D eigenvalue weighted by molar-refractivity contribution is -0.183. The van der Waals surface area contributed by atoms with Gasteiger partial charge in [-0.15, -0.1) is 0 Å². The molecule has 5 atom stereocenters. The van der Waals surface area contributed by atoms with Gasteiger partial charge < -0.3 is 14.8 Å². The Kier molecular flexibility index (Phi) is 3.37. The summed E-state index contributed by atoms with van der Waals surface area (Å²) >= 11 is 0. The van der Waals surface area contributed by atoms with Crippen molar-refractivity contribution in [1.29, 1.82) is 0 Å². The molecular weight excluding hydrogens is 328 g/mol. The lowest BCUT2D eigenvalue weighted by Crippen LogP contribution is -2.69. The van der Waals surface area contributed by atoms with Crippen molar-refractivity contribution in [2.45, 2.75) is 31.8 Å². The molecule has 6 rings (SSSR count). The van der Waals surface area contributed by atoms with Gasteiger partial charge >= 0.3 is 5.97 Å². The van der Waals surface area contributed by atoms with Crippen LogP contribution in [-0.4, -0.2) is 47.3 Å². The number of methoxy groups -OCH3 is 1. The van der Waals surface area contributed by atoms with Crippen LogP contribution in [0.1, 0.15) is 30.6 Å². The van der Waals surface area contributed by atoms with Gasteiger partial charge in [0.05, 0.1) is 19.8 Å². The Hall–Kier alpha value is -2.11. The fourth-order valence-corrected chi connectivity index (χ4v) is 5.88. The van der Waals surface area contributed by atoms with E-state index in [1.54, 1.807) is 0 Å². The Morgan fingerprint density at radius 1 is 1.46 bits per heavy atom. The van der Waals surface area contributed by atoms with Crippen LogP contribution >= 0.6 is 0 Å². The Bertz CT molecular complexity index is 930. The summed E-state index contributed by atoms with van der Waals surface area (Å²) in [5.74, 6) is -0.245. The number of allylic oxidation sites excluding steroid dienone is 1. The van der Waals surface area contributed by atoms with Gasteiger partial charge in [0.15, 0.2) is 0 Å². The first-order chi connectivity index (χ1) is 12.7. The largest absolute Gasteiger partial charge is 0.468 e. The SMILES string of the molecule is CC=C1CN2C3CC1C(CO)(C(=O)OC)C2Cc1c3[nH]c2ccccc12. The van der Waals surface area contributed by atoms with Gasteiger partial charge in [-0.1, -0.05) is 29.8 Å². The van der Waals surface area contributed by atoms with Gasteiger partial charge in [0.2, 0.25) is 0 Å². The zero-order valence-electron chi connectivity index (χ0n) is 15.2. The predicted molar refractivity (Wildman–Crippen MR) is 98.6 cm³/mol. The summed E-state index contributed by atoms with van der Waals surface area (Å²) in [6.07, 6.45) is 3.72. The Morgan fingerprint density at radius 2 is 2.27 bits per heavy atom. The van der Waals surface area contributed by atoms with Gasteiger partial charge in [0.25, 0.3) is 0 Å². The number of aliphatic hydroxyl groups excluding tert-OH is 1. The van der Waals surface area contributed by atoms with E-state index in [2.05, 4.69) is 34.2 Å². The minimum atomic E-state index is -0.874. The average Bonchev–Trinajstić information content (AvgIpc) is 3.06. The van der Waals surface area contributed by atoms with E-state index in [-0.39, 0.29) is 30.6 Å². The van der Waals surface area contributed by atoms with E-state index in [0.29, 0.717) is 0 Å². The fraction of sp³-hybridized carbons (Fsp3) is 0.476. The number of aliphatic hydroxyl groups is 1. The van der Waals surface area contributed by atoms with Gasteiger partial charge in [0.1, 0.15) is 5.41 Å². The summed E-state index contributed by atoms with van der Waals surface area (Å²) in [6.45, 7) is 2.72. The maximum atomic E-state index is 12.9. The van der Waals surface area contributed by atoms with Crippen molar-refractivity contribution in [2.24, 2.45) is 11.3 Å². The molecule has 26 heavy (non-hydrogen) atoms. The molecule has 5 nitrogen and oxygen atoms in total. The Balaban J connectivity index is 1.73. The standard InChI is InChI=1S/C21H24N2O3/c1-3-12-10-23-17-9-15(12)21(11-24,20(25)26-2)18(23)8-14-13-6-4-5-7-16(13)22-19(14)17/h3-7,15,17-18,22,24H,8-11H2,1-2H3. The molecule has 3 fully saturated rings. The maximum absolute atomic E-state index is 12.9. The van der Waals surface area contributed by atoms with Crippen molar-refractivity contribution in [3.05, 3.63) is 47.2 Å². The third-order valence-electron chi connectivity index (χ3n) is 7.06. The molecule has 3 saturated heterocycles. The van der Waals surface area contributed by atoms with E-state index >= 15 is 0 Å². The number of H-pyrrole nitrogens is 1. The van der Waals surface area contributed by atoms with E-state index in [9.17, 15) is 9.90 Å². The number of nitrogens with zero attached hydrogens (tertiary/aromatic N) is 1. The van der Waals surface area contributed by atoms with Crippen molar-refractivity contribution >= 4 is 16.9 Å². The van der Waals surface area contributed by atoms with Gasteiger partial charge in [-0.2, -0.15) is 0 Å². The highest BCUT2D eigenvalue weighted by Gasteiger charge is 2.64. The number of aromatic amines is 1. The minimum Gasteiger partial charge on any atom is -0.468 e. The second-order valence-corrected chi connectivity index (χ2v) is 7.81. The summed E-state index contributed by atoms with van der Waals surface area (Å²) in [7, 11) is 1.43. The molecule has 4 aliphatic rings. The molecule has 2 aromatic rings. The van der Waals surface area contributed by atoms with Gasteiger partial charge in [-0.05, 0) is 31.4 Å². The smallest absolute Gasteiger partial charge is 0.316 e. The Morgan fingerprint density at radius 3 is 3.00 bits per heavy atom. The third kappa shape index (κ3) is 1.75. The molecule has 5 heterocycles. The van der Waals surface area contributed by atoms with Gasteiger partial charge in [-0.3, -0.25) is 9.69 Å². The molecule has 5 heteroatoms. The number of para-hydroxylation sites is 1. The van der Waals surface area contributed by atoms with Crippen LogP contribution in [0.25, 0.3) is 10.9 Å². The zero-order valence-corrected chi connectivity index (χ0v) is 15.2. The van der Waals surface area contributed by atoms with E-state index in [4.69, 9.17) is 4.74 Å². The average molecular weight is 352 g/mol. The van der Waals surface area contributed by atoms with Crippen LogP contribution in [0.5, 0.6) is 0 Å². The van der Waals surface area contributed by atoms with E-state index in [0.717, 1.165) is 24.9 Å². The second-order valence-electron chi connectivity index (χ2n) is 7.81. The number of carbonyl (C=O) groups excluding carboxylic acids is 1. The summed E-state index contributed by atoms with van der Waals surface area (Å²) in [5.41, 5.74) is 4.12. The number of benzene rings is 1. The van der Waals surface area contributed by atoms with Crippen LogP contribution in [0, 0.1) is 11.3 Å². The molecule has 0 amide bonds. The van der Waals surface area contributed by atoms with Crippen molar-refractivity contribution in [2.75, 3.05) is 20.3 Å². The van der Waals surface area contributed by atoms with Crippen LogP contribution in [0.15, 0.2) is 35.9 Å².